The van der Waals surface area contributed by atoms with Gasteiger partial charge in [-0.3, -0.25) is 4.79 Å². The summed E-state index contributed by atoms with van der Waals surface area (Å²) >= 11 is 6.40. The van der Waals surface area contributed by atoms with Crippen LogP contribution in [0.3, 0.4) is 0 Å². The van der Waals surface area contributed by atoms with Crippen molar-refractivity contribution in [3.05, 3.63) is 29.0 Å². The van der Waals surface area contributed by atoms with E-state index in [1.807, 2.05) is 34.6 Å². The fourth-order valence-electron chi connectivity index (χ4n) is 4.88. The zero-order valence-electron chi connectivity index (χ0n) is 26.1. The summed E-state index contributed by atoms with van der Waals surface area (Å²) in [5.41, 5.74) is -0.739. The van der Waals surface area contributed by atoms with Gasteiger partial charge in [-0.1, -0.05) is 11.6 Å². The minimum atomic E-state index is -0.873. The number of likely N-dealkylation sites (tertiary alicyclic amines) is 1. The van der Waals surface area contributed by atoms with Crippen molar-refractivity contribution in [2.45, 2.75) is 97.5 Å². The van der Waals surface area contributed by atoms with Gasteiger partial charge in [-0.15, -0.1) is 0 Å². The summed E-state index contributed by atoms with van der Waals surface area (Å²) in [6.45, 7) is 14.4. The smallest absolute Gasteiger partial charge is 0.410 e. The predicted molar refractivity (Wildman–Crippen MR) is 165 cm³/mol. The van der Waals surface area contributed by atoms with Crippen LogP contribution >= 0.6 is 11.6 Å². The minimum absolute atomic E-state index is 0.0531. The van der Waals surface area contributed by atoms with Gasteiger partial charge in [0.15, 0.2) is 5.82 Å². The molecule has 4 rings (SSSR count). The highest BCUT2D eigenvalue weighted by atomic mass is 35.5. The maximum Gasteiger partial charge on any atom is 0.410 e. The van der Waals surface area contributed by atoms with Crippen molar-refractivity contribution in [1.82, 2.24) is 25.2 Å². The van der Waals surface area contributed by atoms with Crippen LogP contribution in [0.25, 0.3) is 0 Å². The highest BCUT2D eigenvalue weighted by Gasteiger charge is 2.53. The molecule has 2 fully saturated rings. The third-order valence-electron chi connectivity index (χ3n) is 7.67. The van der Waals surface area contributed by atoms with Crippen molar-refractivity contribution in [3.8, 4) is 6.01 Å². The number of nitrogens with one attached hydrogen (secondary N) is 3. The van der Waals surface area contributed by atoms with Gasteiger partial charge in [0.1, 0.15) is 22.5 Å². The van der Waals surface area contributed by atoms with E-state index >= 15 is 0 Å². The van der Waals surface area contributed by atoms with Gasteiger partial charge in [0.25, 0.3) is 5.91 Å². The predicted octanol–water partition coefficient (Wildman–Crippen LogP) is 5.15. The molecule has 2 aromatic rings. The number of hydrogen-bond donors (Lipinski definition) is 4. The lowest BCUT2D eigenvalue weighted by Gasteiger charge is -2.33. The minimum Gasteiger partial charge on any atom is -0.460 e. The van der Waals surface area contributed by atoms with Crippen molar-refractivity contribution in [2.75, 3.05) is 30.3 Å². The third kappa shape index (κ3) is 8.60. The number of halogens is 1. The van der Waals surface area contributed by atoms with Gasteiger partial charge in [-0.05, 0) is 61.3 Å². The maximum atomic E-state index is 13.1. The molecule has 1 saturated heterocycles. The molecule has 1 saturated carbocycles. The summed E-state index contributed by atoms with van der Waals surface area (Å²) in [5, 5.41) is 20.2. The van der Waals surface area contributed by atoms with Gasteiger partial charge in [-0.25, -0.2) is 14.8 Å². The molecular formula is C30H44ClN7O5. The van der Waals surface area contributed by atoms with E-state index in [0.717, 1.165) is 12.8 Å². The van der Waals surface area contributed by atoms with E-state index in [9.17, 15) is 14.7 Å². The number of hydrogen-bond acceptors (Lipinski definition) is 10. The van der Waals surface area contributed by atoms with Crippen LogP contribution in [-0.2, 0) is 4.74 Å². The standard InChI is InChI=1S/C30H44ClN7O5/c1-18(2)35-22-14-23(32-15-20(22)25(39)34-17-30(10-11-30)29(6,7)41)36-24-21(31)16-33-26(37-24)42-19-8-12-38(13-9-19)27(40)43-28(3,4)5/h14-16,18-19,41H,8-13,17H2,1-7H3,(H,34,39)(H2,32,33,35,36,37). The number of anilines is 3. The molecule has 236 valence electrons. The molecule has 13 heteroatoms. The Hall–Kier alpha value is -3.38. The van der Waals surface area contributed by atoms with Crippen molar-refractivity contribution in [3.63, 3.8) is 0 Å². The molecule has 0 bridgehead atoms. The van der Waals surface area contributed by atoms with Gasteiger partial charge in [-0.2, -0.15) is 4.98 Å². The Labute approximate surface area is 258 Å². The molecule has 0 unspecified atom stereocenters. The van der Waals surface area contributed by atoms with Crippen LogP contribution in [0.1, 0.15) is 84.5 Å². The first-order chi connectivity index (χ1) is 20.0. The van der Waals surface area contributed by atoms with Gasteiger partial charge in [0, 0.05) is 56.2 Å². The second kappa shape index (κ2) is 12.7. The monoisotopic (exact) mass is 617 g/mol. The molecule has 0 aromatic carbocycles. The van der Waals surface area contributed by atoms with Crippen molar-refractivity contribution < 1.29 is 24.2 Å². The lowest BCUT2D eigenvalue weighted by molar-refractivity contribution is 0.00296. The number of nitrogens with zero attached hydrogens (tertiary/aromatic N) is 4. The quantitative estimate of drug-likeness (QED) is 0.282. The third-order valence-corrected chi connectivity index (χ3v) is 7.94. The molecule has 1 aliphatic carbocycles. The molecule has 0 spiro atoms. The summed E-state index contributed by atoms with van der Waals surface area (Å²) < 4.78 is 11.5. The van der Waals surface area contributed by atoms with Crippen LogP contribution in [-0.4, -0.2) is 79.9 Å². The Kier molecular flexibility index (Phi) is 9.60. The first-order valence-corrected chi connectivity index (χ1v) is 15.1. The normalized spacial score (nSPS) is 16.9. The number of ether oxygens (including phenoxy) is 2. The molecule has 12 nitrogen and oxygen atoms in total. The number of rotatable bonds is 10. The topological polar surface area (TPSA) is 151 Å². The van der Waals surface area contributed by atoms with E-state index in [4.69, 9.17) is 21.1 Å². The largest absolute Gasteiger partial charge is 0.460 e. The number of carbonyl (C=O) groups is 2. The van der Waals surface area contributed by atoms with E-state index < -0.39 is 11.2 Å². The number of amides is 2. The summed E-state index contributed by atoms with van der Waals surface area (Å²) in [5.74, 6) is 0.456. The van der Waals surface area contributed by atoms with Crippen LogP contribution in [0.4, 0.5) is 22.1 Å². The highest BCUT2D eigenvalue weighted by Crippen LogP contribution is 2.53. The highest BCUT2D eigenvalue weighted by molar-refractivity contribution is 6.32. The average molecular weight is 618 g/mol. The molecule has 0 radical (unpaired) electrons. The zero-order valence-corrected chi connectivity index (χ0v) is 26.8. The molecule has 2 aromatic heterocycles. The molecule has 3 heterocycles. The van der Waals surface area contributed by atoms with Gasteiger partial charge >= 0.3 is 12.1 Å². The molecule has 1 aliphatic heterocycles. The number of aromatic nitrogens is 3. The van der Waals surface area contributed by atoms with Gasteiger partial charge in [0.05, 0.1) is 23.0 Å². The Morgan fingerprint density at radius 3 is 2.40 bits per heavy atom. The fourth-order valence-corrected chi connectivity index (χ4v) is 5.02. The van der Waals surface area contributed by atoms with Crippen LogP contribution in [0.2, 0.25) is 5.02 Å². The second-order valence-electron chi connectivity index (χ2n) is 13.2. The summed E-state index contributed by atoms with van der Waals surface area (Å²) in [6, 6.07) is 1.93. The van der Waals surface area contributed by atoms with Crippen LogP contribution in [0.5, 0.6) is 6.01 Å². The first-order valence-electron chi connectivity index (χ1n) is 14.8. The molecule has 4 N–H and O–H groups in total. The Morgan fingerprint density at radius 2 is 1.81 bits per heavy atom. The van der Waals surface area contributed by atoms with E-state index in [1.54, 1.807) is 24.8 Å². The first kappa shape index (κ1) is 32.5. The molecule has 2 amide bonds. The number of carbonyl (C=O) groups excluding carboxylic acids is 2. The van der Waals surface area contributed by atoms with Crippen molar-refractivity contribution >= 4 is 40.9 Å². The second-order valence-corrected chi connectivity index (χ2v) is 13.6. The molecule has 2 aliphatic rings. The van der Waals surface area contributed by atoms with E-state index in [-0.39, 0.29) is 40.6 Å². The van der Waals surface area contributed by atoms with Crippen molar-refractivity contribution in [1.29, 1.82) is 0 Å². The summed E-state index contributed by atoms with van der Waals surface area (Å²) in [4.78, 5) is 40.3. The van der Waals surface area contributed by atoms with Gasteiger partial charge < -0.3 is 35.4 Å². The molecular weight excluding hydrogens is 574 g/mol. The van der Waals surface area contributed by atoms with E-state index in [0.29, 0.717) is 55.4 Å². The van der Waals surface area contributed by atoms with Crippen molar-refractivity contribution in [2.24, 2.45) is 5.41 Å². The molecule has 0 atom stereocenters. The molecule has 43 heavy (non-hydrogen) atoms. The average Bonchev–Trinajstić information content (AvgIpc) is 3.70. The zero-order chi connectivity index (χ0) is 31.6. The Balaban J connectivity index is 1.41. The summed E-state index contributed by atoms with van der Waals surface area (Å²) in [6.07, 6.45) is 5.41. The number of aliphatic hydroxyl groups is 1. The van der Waals surface area contributed by atoms with Crippen LogP contribution in [0.15, 0.2) is 18.5 Å². The van der Waals surface area contributed by atoms with E-state index in [1.165, 1.54) is 12.4 Å². The van der Waals surface area contributed by atoms with Gasteiger partial charge in [0.2, 0.25) is 0 Å². The fraction of sp³-hybridized carbons (Fsp3) is 0.633. The lowest BCUT2D eigenvalue weighted by Crippen LogP contribution is -2.44. The SMILES string of the molecule is CC(C)Nc1cc(Nc2nc(OC3CCN(C(=O)OC(C)(C)C)CC3)ncc2Cl)ncc1C(=O)NCC1(C(C)(C)O)CC1. The van der Waals surface area contributed by atoms with Crippen LogP contribution < -0.4 is 20.7 Å². The Morgan fingerprint density at radius 1 is 1.14 bits per heavy atom. The lowest BCUT2D eigenvalue weighted by atomic mass is 9.87. The Bertz CT molecular complexity index is 1310. The number of pyridine rings is 1. The maximum absolute atomic E-state index is 13.1. The van der Waals surface area contributed by atoms with Crippen LogP contribution in [0, 0.1) is 5.41 Å². The number of piperidine rings is 1. The summed E-state index contributed by atoms with van der Waals surface area (Å²) in [7, 11) is 0. The van der Waals surface area contributed by atoms with E-state index in [2.05, 4.69) is 30.9 Å².